The minimum atomic E-state index is -0.102. The second-order valence-electron chi connectivity index (χ2n) is 5.61. The predicted octanol–water partition coefficient (Wildman–Crippen LogP) is 1.05. The van der Waals surface area contributed by atoms with Crippen LogP contribution in [0.3, 0.4) is 0 Å². The lowest BCUT2D eigenvalue weighted by atomic mass is 10.0. The third-order valence-corrected chi connectivity index (χ3v) is 4.32. The minimum Gasteiger partial charge on any atom is -0.394 e. The molecule has 21 heavy (non-hydrogen) atoms. The maximum atomic E-state index is 12.8. The lowest BCUT2D eigenvalue weighted by molar-refractivity contribution is 0.0648. The van der Waals surface area contributed by atoms with Gasteiger partial charge in [0.05, 0.1) is 18.8 Å². The molecular weight excluding hydrogens is 268 g/mol. The van der Waals surface area contributed by atoms with Crippen LogP contribution >= 0.6 is 0 Å². The SMILES string of the molecule is CC1CCN(C(=O)c2cnn(C)c2-n2cccc2)C1CO. The molecule has 0 aromatic carbocycles. The third kappa shape index (κ3) is 2.25. The summed E-state index contributed by atoms with van der Waals surface area (Å²) >= 11 is 0. The van der Waals surface area contributed by atoms with Crippen LogP contribution in [0.4, 0.5) is 0 Å². The molecular formula is C15H20N4O2. The summed E-state index contributed by atoms with van der Waals surface area (Å²) in [5, 5.41) is 13.8. The van der Waals surface area contributed by atoms with Crippen LogP contribution in [0.1, 0.15) is 23.7 Å². The standard InChI is InChI=1S/C15H20N4O2/c1-11-5-8-19(13(11)10-20)15(21)12-9-16-17(2)14(12)18-6-3-4-7-18/h3-4,6-7,9,11,13,20H,5,8,10H2,1-2H3. The van der Waals surface area contributed by atoms with Gasteiger partial charge in [0.1, 0.15) is 11.4 Å². The first-order valence-electron chi connectivity index (χ1n) is 7.20. The lowest BCUT2D eigenvalue weighted by Crippen LogP contribution is -2.40. The predicted molar refractivity (Wildman–Crippen MR) is 78.2 cm³/mol. The molecule has 2 unspecified atom stereocenters. The summed E-state index contributed by atoms with van der Waals surface area (Å²) < 4.78 is 3.58. The molecule has 0 radical (unpaired) electrons. The summed E-state index contributed by atoms with van der Waals surface area (Å²) in [6.45, 7) is 2.77. The summed E-state index contributed by atoms with van der Waals surface area (Å²) in [6.07, 6.45) is 6.32. The van der Waals surface area contributed by atoms with Gasteiger partial charge in [-0.1, -0.05) is 6.92 Å². The molecule has 0 spiro atoms. The quantitative estimate of drug-likeness (QED) is 0.918. The number of aliphatic hydroxyl groups is 1. The summed E-state index contributed by atoms with van der Waals surface area (Å²) in [4.78, 5) is 14.6. The van der Waals surface area contributed by atoms with Crippen molar-refractivity contribution in [1.29, 1.82) is 0 Å². The molecule has 112 valence electrons. The number of hydrogen-bond acceptors (Lipinski definition) is 3. The monoisotopic (exact) mass is 288 g/mol. The molecule has 0 bridgehead atoms. The van der Waals surface area contributed by atoms with E-state index >= 15 is 0 Å². The molecule has 0 saturated carbocycles. The van der Waals surface area contributed by atoms with Gasteiger partial charge in [-0.2, -0.15) is 5.10 Å². The maximum Gasteiger partial charge on any atom is 0.259 e. The highest BCUT2D eigenvalue weighted by molar-refractivity contribution is 5.97. The maximum absolute atomic E-state index is 12.8. The van der Waals surface area contributed by atoms with Crippen molar-refractivity contribution in [2.24, 2.45) is 13.0 Å². The summed E-state index contributed by atoms with van der Waals surface area (Å²) in [5.74, 6) is 1.02. The smallest absolute Gasteiger partial charge is 0.259 e. The van der Waals surface area contributed by atoms with Gasteiger partial charge in [0.25, 0.3) is 5.91 Å². The number of carbonyl (C=O) groups is 1. The fourth-order valence-corrected chi connectivity index (χ4v) is 3.06. The van der Waals surface area contributed by atoms with Crippen molar-refractivity contribution < 1.29 is 9.90 Å². The molecule has 3 rings (SSSR count). The first kappa shape index (κ1) is 13.9. The Bertz CT molecular complexity index is 632. The van der Waals surface area contributed by atoms with Gasteiger partial charge in [-0.25, -0.2) is 0 Å². The molecule has 2 aromatic rings. The number of aliphatic hydroxyl groups excluding tert-OH is 1. The number of hydrogen-bond donors (Lipinski definition) is 1. The lowest BCUT2D eigenvalue weighted by Gasteiger charge is -2.25. The minimum absolute atomic E-state index is 0.00597. The fourth-order valence-electron chi connectivity index (χ4n) is 3.06. The molecule has 1 aliphatic rings. The Morgan fingerprint density at radius 2 is 2.14 bits per heavy atom. The molecule has 1 saturated heterocycles. The van der Waals surface area contributed by atoms with Gasteiger partial charge in [0, 0.05) is 26.0 Å². The molecule has 1 fully saturated rings. The van der Waals surface area contributed by atoms with Crippen LogP contribution in [0.25, 0.3) is 5.82 Å². The Morgan fingerprint density at radius 3 is 2.81 bits per heavy atom. The van der Waals surface area contributed by atoms with Crippen LogP contribution in [-0.4, -0.2) is 49.5 Å². The van der Waals surface area contributed by atoms with Gasteiger partial charge >= 0.3 is 0 Å². The molecule has 2 aromatic heterocycles. The van der Waals surface area contributed by atoms with Gasteiger partial charge in [0.15, 0.2) is 0 Å². The third-order valence-electron chi connectivity index (χ3n) is 4.32. The number of aryl methyl sites for hydroxylation is 1. The van der Waals surface area contributed by atoms with Gasteiger partial charge in [0.2, 0.25) is 0 Å². The van der Waals surface area contributed by atoms with E-state index in [1.807, 2.05) is 36.1 Å². The summed E-state index contributed by atoms with van der Waals surface area (Å²) in [6, 6.07) is 3.72. The van der Waals surface area contributed by atoms with E-state index in [9.17, 15) is 9.90 Å². The van der Waals surface area contributed by atoms with Crippen LogP contribution in [0.2, 0.25) is 0 Å². The number of likely N-dealkylation sites (tertiary alicyclic amines) is 1. The topological polar surface area (TPSA) is 63.3 Å². The highest BCUT2D eigenvalue weighted by Crippen LogP contribution is 2.27. The van der Waals surface area contributed by atoms with E-state index in [4.69, 9.17) is 0 Å². The Hall–Kier alpha value is -2.08. The van der Waals surface area contributed by atoms with Gasteiger partial charge in [-0.05, 0) is 24.5 Å². The van der Waals surface area contributed by atoms with E-state index in [2.05, 4.69) is 12.0 Å². The number of aromatic nitrogens is 3. The molecule has 1 amide bonds. The Balaban J connectivity index is 1.96. The van der Waals surface area contributed by atoms with Crippen molar-refractivity contribution in [3.63, 3.8) is 0 Å². The van der Waals surface area contributed by atoms with Gasteiger partial charge in [-0.3, -0.25) is 9.48 Å². The van der Waals surface area contributed by atoms with E-state index in [1.165, 1.54) is 0 Å². The zero-order valence-corrected chi connectivity index (χ0v) is 12.3. The van der Waals surface area contributed by atoms with Crippen LogP contribution in [-0.2, 0) is 7.05 Å². The first-order chi connectivity index (χ1) is 10.1. The van der Waals surface area contributed by atoms with Crippen molar-refractivity contribution >= 4 is 5.91 Å². The normalized spacial score (nSPS) is 22.0. The van der Waals surface area contributed by atoms with E-state index in [-0.39, 0.29) is 18.6 Å². The molecule has 6 nitrogen and oxygen atoms in total. The van der Waals surface area contributed by atoms with E-state index < -0.39 is 0 Å². The highest BCUT2D eigenvalue weighted by Gasteiger charge is 2.35. The second kappa shape index (κ2) is 5.37. The molecule has 1 aliphatic heterocycles. The van der Waals surface area contributed by atoms with E-state index in [1.54, 1.807) is 15.8 Å². The average molecular weight is 288 g/mol. The molecule has 0 aliphatic carbocycles. The first-order valence-corrected chi connectivity index (χ1v) is 7.20. The van der Waals surface area contributed by atoms with Crippen LogP contribution in [0, 0.1) is 5.92 Å². The Labute approximate surface area is 123 Å². The van der Waals surface area contributed by atoms with E-state index in [0.29, 0.717) is 18.0 Å². The molecule has 3 heterocycles. The van der Waals surface area contributed by atoms with Gasteiger partial charge in [-0.15, -0.1) is 0 Å². The largest absolute Gasteiger partial charge is 0.394 e. The Morgan fingerprint density at radius 1 is 1.43 bits per heavy atom. The number of amides is 1. The van der Waals surface area contributed by atoms with Gasteiger partial charge < -0.3 is 14.6 Å². The zero-order valence-electron chi connectivity index (χ0n) is 12.3. The van der Waals surface area contributed by atoms with Crippen molar-refractivity contribution in [1.82, 2.24) is 19.2 Å². The number of rotatable bonds is 3. The molecule has 2 atom stereocenters. The average Bonchev–Trinajstić information content (AvgIpc) is 3.17. The van der Waals surface area contributed by atoms with Crippen molar-refractivity contribution in [2.45, 2.75) is 19.4 Å². The van der Waals surface area contributed by atoms with E-state index in [0.717, 1.165) is 12.2 Å². The van der Waals surface area contributed by atoms with Crippen LogP contribution < -0.4 is 0 Å². The number of nitrogens with zero attached hydrogens (tertiary/aromatic N) is 4. The zero-order chi connectivity index (χ0) is 15.0. The highest BCUT2D eigenvalue weighted by atomic mass is 16.3. The number of carbonyl (C=O) groups excluding carboxylic acids is 1. The Kier molecular flexibility index (Phi) is 3.55. The van der Waals surface area contributed by atoms with Crippen LogP contribution in [0.15, 0.2) is 30.7 Å². The second-order valence-corrected chi connectivity index (χ2v) is 5.61. The van der Waals surface area contributed by atoms with Crippen molar-refractivity contribution in [3.8, 4) is 5.82 Å². The molecule has 6 heteroatoms. The fraction of sp³-hybridized carbons (Fsp3) is 0.467. The van der Waals surface area contributed by atoms with Crippen LogP contribution in [0.5, 0.6) is 0 Å². The summed E-state index contributed by atoms with van der Waals surface area (Å²) in [5.41, 5.74) is 0.571. The summed E-state index contributed by atoms with van der Waals surface area (Å²) in [7, 11) is 1.82. The molecule has 1 N–H and O–H groups in total. The van der Waals surface area contributed by atoms with Crippen molar-refractivity contribution in [2.75, 3.05) is 13.2 Å². The van der Waals surface area contributed by atoms with Crippen molar-refractivity contribution in [3.05, 3.63) is 36.3 Å².